The molecule has 16 heavy (non-hydrogen) atoms. The van der Waals surface area contributed by atoms with Crippen molar-refractivity contribution in [3.63, 3.8) is 0 Å². The molecule has 0 bridgehead atoms. The molecular formula is C14H19NO. The molecular weight excluding hydrogens is 198 g/mol. The molecule has 1 aromatic carbocycles. The van der Waals surface area contributed by atoms with Crippen molar-refractivity contribution in [3.8, 4) is 5.75 Å². The average molecular weight is 217 g/mol. The number of nitrogens with one attached hydrogen (secondary N) is 1. The smallest absolute Gasteiger partial charge is 0.121 e. The Morgan fingerprint density at radius 3 is 2.88 bits per heavy atom. The summed E-state index contributed by atoms with van der Waals surface area (Å²) in [5.41, 5.74) is 4.00. The molecule has 0 aliphatic carbocycles. The molecule has 2 heteroatoms. The van der Waals surface area contributed by atoms with Crippen LogP contribution in [-0.2, 0) is 0 Å². The molecule has 0 fully saturated rings. The van der Waals surface area contributed by atoms with Crippen LogP contribution >= 0.6 is 0 Å². The topological polar surface area (TPSA) is 21.3 Å². The van der Waals surface area contributed by atoms with E-state index in [1.165, 1.54) is 16.7 Å². The van der Waals surface area contributed by atoms with Crippen LogP contribution in [0.3, 0.4) is 0 Å². The summed E-state index contributed by atoms with van der Waals surface area (Å²) in [5, 5.41) is 3.41. The summed E-state index contributed by atoms with van der Waals surface area (Å²) in [5.74, 6) is 0.969. The third-order valence-corrected chi connectivity index (χ3v) is 3.05. The van der Waals surface area contributed by atoms with Crippen molar-refractivity contribution in [2.45, 2.75) is 19.8 Å². The summed E-state index contributed by atoms with van der Waals surface area (Å²) in [6, 6.07) is 6.43. The maximum Gasteiger partial charge on any atom is 0.121 e. The normalized spacial score (nSPS) is 16.5. The van der Waals surface area contributed by atoms with Crippen molar-refractivity contribution in [2.24, 2.45) is 0 Å². The van der Waals surface area contributed by atoms with Gasteiger partial charge in [-0.15, -0.1) is 0 Å². The Morgan fingerprint density at radius 2 is 2.12 bits per heavy atom. The molecule has 1 aliphatic rings. The summed E-state index contributed by atoms with van der Waals surface area (Å²) >= 11 is 0. The lowest BCUT2D eigenvalue weighted by molar-refractivity contribution is 0.411. The third-order valence-electron chi connectivity index (χ3n) is 3.05. The summed E-state index contributed by atoms with van der Waals surface area (Å²) in [6.45, 7) is 4.27. The van der Waals surface area contributed by atoms with Crippen LogP contribution in [0, 0.1) is 6.92 Å². The van der Waals surface area contributed by atoms with Crippen molar-refractivity contribution in [1.82, 2.24) is 5.32 Å². The van der Waals surface area contributed by atoms with Crippen molar-refractivity contribution in [3.05, 3.63) is 35.4 Å². The van der Waals surface area contributed by atoms with E-state index in [0.29, 0.717) is 0 Å². The highest BCUT2D eigenvalue weighted by molar-refractivity contribution is 5.67. The zero-order chi connectivity index (χ0) is 11.4. The highest BCUT2D eigenvalue weighted by atomic mass is 16.5. The number of hydrogen-bond donors (Lipinski definition) is 1. The Balaban J connectivity index is 2.26. The van der Waals surface area contributed by atoms with Crippen molar-refractivity contribution < 1.29 is 4.74 Å². The molecule has 0 saturated heterocycles. The molecule has 0 atom stereocenters. The largest absolute Gasteiger partial charge is 0.496 e. The first-order valence-electron chi connectivity index (χ1n) is 5.86. The standard InChI is InChI=1S/C14H19NO/c1-11-10-13(5-6-14(11)16-2)12-4-3-8-15-9-7-12/h4-6,10,15H,3,7-9H2,1-2H3. The first kappa shape index (κ1) is 11.2. The monoisotopic (exact) mass is 217 g/mol. The molecule has 0 spiro atoms. The molecule has 2 rings (SSSR count). The van der Waals surface area contributed by atoms with E-state index >= 15 is 0 Å². The SMILES string of the molecule is COc1ccc(C2=CCCNCC2)cc1C. The van der Waals surface area contributed by atoms with E-state index in [-0.39, 0.29) is 0 Å². The molecule has 0 saturated carbocycles. The molecule has 0 radical (unpaired) electrons. The van der Waals surface area contributed by atoms with Gasteiger partial charge in [-0.3, -0.25) is 0 Å². The Kier molecular flexibility index (Phi) is 3.62. The van der Waals surface area contributed by atoms with Gasteiger partial charge in [-0.25, -0.2) is 0 Å². The minimum absolute atomic E-state index is 0.969. The van der Waals surface area contributed by atoms with Crippen LogP contribution in [0.2, 0.25) is 0 Å². The van der Waals surface area contributed by atoms with Gasteiger partial charge in [0.2, 0.25) is 0 Å². The van der Waals surface area contributed by atoms with Gasteiger partial charge < -0.3 is 10.1 Å². The Bertz CT molecular complexity index is 396. The lowest BCUT2D eigenvalue weighted by atomic mass is 10.00. The maximum atomic E-state index is 5.28. The molecule has 86 valence electrons. The molecule has 0 amide bonds. The van der Waals surface area contributed by atoms with Crippen LogP contribution < -0.4 is 10.1 Å². The second-order valence-electron chi connectivity index (χ2n) is 4.20. The van der Waals surface area contributed by atoms with E-state index in [1.54, 1.807) is 7.11 Å². The highest BCUT2D eigenvalue weighted by Gasteiger charge is 2.06. The van der Waals surface area contributed by atoms with Crippen LogP contribution in [0.1, 0.15) is 24.0 Å². The van der Waals surface area contributed by atoms with Gasteiger partial charge in [0, 0.05) is 0 Å². The van der Waals surface area contributed by atoms with Crippen molar-refractivity contribution >= 4 is 5.57 Å². The lowest BCUT2D eigenvalue weighted by Gasteiger charge is -2.09. The minimum Gasteiger partial charge on any atom is -0.496 e. The predicted octanol–water partition coefficient (Wildman–Crippen LogP) is 2.77. The third kappa shape index (κ3) is 2.45. The van der Waals surface area contributed by atoms with Gasteiger partial charge in [-0.05, 0) is 61.7 Å². The molecule has 1 aromatic rings. The molecule has 2 nitrogen and oxygen atoms in total. The van der Waals surface area contributed by atoms with Crippen molar-refractivity contribution in [2.75, 3.05) is 20.2 Å². The summed E-state index contributed by atoms with van der Waals surface area (Å²) in [7, 11) is 1.72. The quantitative estimate of drug-likeness (QED) is 0.822. The number of rotatable bonds is 2. The van der Waals surface area contributed by atoms with Crippen LogP contribution in [0.5, 0.6) is 5.75 Å². The first-order valence-corrected chi connectivity index (χ1v) is 5.86. The van der Waals surface area contributed by atoms with E-state index in [9.17, 15) is 0 Å². The van der Waals surface area contributed by atoms with Gasteiger partial charge in [-0.1, -0.05) is 12.1 Å². The van der Waals surface area contributed by atoms with E-state index in [4.69, 9.17) is 4.74 Å². The van der Waals surface area contributed by atoms with Crippen LogP contribution in [0.4, 0.5) is 0 Å². The predicted molar refractivity (Wildman–Crippen MR) is 67.8 cm³/mol. The van der Waals surface area contributed by atoms with E-state index in [2.05, 4.69) is 36.5 Å². The molecule has 1 N–H and O–H groups in total. The Labute approximate surface area is 97.3 Å². The summed E-state index contributed by atoms with van der Waals surface area (Å²) < 4.78 is 5.28. The molecule has 0 unspecified atom stereocenters. The van der Waals surface area contributed by atoms with E-state index < -0.39 is 0 Å². The van der Waals surface area contributed by atoms with Gasteiger partial charge in [0.05, 0.1) is 7.11 Å². The summed E-state index contributed by atoms with van der Waals surface area (Å²) in [6.07, 6.45) is 4.59. The number of methoxy groups -OCH3 is 1. The average Bonchev–Trinajstić information content (AvgIpc) is 2.57. The number of hydrogen-bond acceptors (Lipinski definition) is 2. The van der Waals surface area contributed by atoms with Crippen LogP contribution in [0.25, 0.3) is 5.57 Å². The van der Waals surface area contributed by atoms with Crippen LogP contribution in [-0.4, -0.2) is 20.2 Å². The second-order valence-corrected chi connectivity index (χ2v) is 4.20. The molecule has 0 aromatic heterocycles. The zero-order valence-corrected chi connectivity index (χ0v) is 10.0. The fraction of sp³-hybridized carbons (Fsp3) is 0.429. The first-order chi connectivity index (χ1) is 7.81. The number of aryl methyl sites for hydroxylation is 1. The number of benzene rings is 1. The van der Waals surface area contributed by atoms with E-state index in [1.807, 2.05) is 0 Å². The van der Waals surface area contributed by atoms with Gasteiger partial charge in [-0.2, -0.15) is 0 Å². The Hall–Kier alpha value is -1.28. The van der Waals surface area contributed by atoms with Gasteiger partial charge in [0.25, 0.3) is 0 Å². The van der Waals surface area contributed by atoms with Crippen LogP contribution in [0.15, 0.2) is 24.3 Å². The molecule has 1 aliphatic heterocycles. The zero-order valence-electron chi connectivity index (χ0n) is 10.0. The fourth-order valence-corrected chi connectivity index (χ4v) is 2.14. The molecule has 1 heterocycles. The highest BCUT2D eigenvalue weighted by Crippen LogP contribution is 2.25. The van der Waals surface area contributed by atoms with Crippen molar-refractivity contribution in [1.29, 1.82) is 0 Å². The lowest BCUT2D eigenvalue weighted by Crippen LogP contribution is -2.13. The van der Waals surface area contributed by atoms with Gasteiger partial charge >= 0.3 is 0 Å². The Morgan fingerprint density at radius 1 is 1.25 bits per heavy atom. The van der Waals surface area contributed by atoms with Gasteiger partial charge in [0.1, 0.15) is 5.75 Å². The summed E-state index contributed by atoms with van der Waals surface area (Å²) in [4.78, 5) is 0. The van der Waals surface area contributed by atoms with Gasteiger partial charge in [0.15, 0.2) is 0 Å². The second kappa shape index (κ2) is 5.17. The fourth-order valence-electron chi connectivity index (χ4n) is 2.14. The maximum absolute atomic E-state index is 5.28. The van der Waals surface area contributed by atoms with E-state index in [0.717, 1.165) is 31.7 Å². The minimum atomic E-state index is 0.969. The number of ether oxygens (including phenoxy) is 1.